The van der Waals surface area contributed by atoms with Gasteiger partial charge in [-0.05, 0) is 37.9 Å². The Morgan fingerprint density at radius 2 is 2.06 bits per heavy atom. The summed E-state index contributed by atoms with van der Waals surface area (Å²) in [5, 5.41) is 2.13. The van der Waals surface area contributed by atoms with Crippen molar-refractivity contribution >= 4 is 11.3 Å². The van der Waals surface area contributed by atoms with Crippen LogP contribution in [0.25, 0.3) is 0 Å². The third kappa shape index (κ3) is 3.32. The van der Waals surface area contributed by atoms with Gasteiger partial charge in [0, 0.05) is 22.9 Å². The van der Waals surface area contributed by atoms with Crippen molar-refractivity contribution in [3.05, 3.63) is 22.4 Å². The van der Waals surface area contributed by atoms with Gasteiger partial charge in [-0.2, -0.15) is 0 Å². The van der Waals surface area contributed by atoms with Crippen molar-refractivity contribution in [1.82, 2.24) is 10.3 Å². The summed E-state index contributed by atoms with van der Waals surface area (Å²) >= 11 is 1.81. The van der Waals surface area contributed by atoms with Crippen LogP contribution in [0, 0.1) is 0 Å². The molecule has 2 unspecified atom stereocenters. The van der Waals surface area contributed by atoms with Gasteiger partial charge >= 0.3 is 0 Å². The Labute approximate surface area is 115 Å². The molecule has 1 rings (SSSR count). The van der Waals surface area contributed by atoms with Gasteiger partial charge in [0.2, 0.25) is 0 Å². The van der Waals surface area contributed by atoms with Crippen LogP contribution in [0.4, 0.5) is 0 Å². The van der Waals surface area contributed by atoms with E-state index < -0.39 is 0 Å². The topological polar surface area (TPSA) is 41.3 Å². The van der Waals surface area contributed by atoms with Gasteiger partial charge in [0.05, 0.1) is 0 Å². The van der Waals surface area contributed by atoms with E-state index in [0.29, 0.717) is 0 Å². The van der Waals surface area contributed by atoms with Crippen molar-refractivity contribution in [3.63, 3.8) is 0 Å². The quantitative estimate of drug-likeness (QED) is 0.563. The summed E-state index contributed by atoms with van der Waals surface area (Å²) < 4.78 is 0. The first-order valence-corrected chi connectivity index (χ1v) is 7.73. The Hall–Kier alpha value is -0.420. The SMILES string of the molecule is CCN(CC)C(C)(CC)C(Cc1cccs1)NN. The second-order valence-corrected chi connectivity index (χ2v) is 5.92. The largest absolute Gasteiger partial charge is 0.297 e. The van der Waals surface area contributed by atoms with Gasteiger partial charge in [0.1, 0.15) is 0 Å². The predicted octanol–water partition coefficient (Wildman–Crippen LogP) is 2.63. The maximum absolute atomic E-state index is 5.83. The average Bonchev–Trinajstić information content (AvgIpc) is 2.89. The van der Waals surface area contributed by atoms with Crippen LogP contribution in [0.15, 0.2) is 17.5 Å². The molecule has 0 saturated heterocycles. The Kier molecular flexibility index (Phi) is 6.29. The standard InChI is InChI=1S/C14H27N3S/c1-5-14(4,17(6-2)7-3)13(16-15)11-12-9-8-10-18-12/h8-10,13,16H,5-7,11,15H2,1-4H3. The van der Waals surface area contributed by atoms with Crippen molar-refractivity contribution in [3.8, 4) is 0 Å². The lowest BCUT2D eigenvalue weighted by Crippen LogP contribution is -2.61. The molecule has 0 aliphatic heterocycles. The van der Waals surface area contributed by atoms with Gasteiger partial charge in [-0.1, -0.05) is 26.8 Å². The molecule has 3 N–H and O–H groups in total. The Balaban J connectivity index is 2.87. The smallest absolute Gasteiger partial charge is 0.0440 e. The molecule has 1 aromatic heterocycles. The second kappa shape index (κ2) is 7.24. The maximum Gasteiger partial charge on any atom is 0.0440 e. The highest BCUT2D eigenvalue weighted by molar-refractivity contribution is 7.09. The molecule has 0 bridgehead atoms. The summed E-state index contributed by atoms with van der Waals surface area (Å²) in [6.07, 6.45) is 2.09. The van der Waals surface area contributed by atoms with Crippen molar-refractivity contribution in [1.29, 1.82) is 0 Å². The van der Waals surface area contributed by atoms with E-state index in [0.717, 1.165) is 25.9 Å². The molecule has 1 heterocycles. The summed E-state index contributed by atoms with van der Waals surface area (Å²) in [5.41, 5.74) is 3.15. The van der Waals surface area contributed by atoms with E-state index >= 15 is 0 Å². The van der Waals surface area contributed by atoms with E-state index in [2.05, 4.69) is 55.5 Å². The van der Waals surface area contributed by atoms with Gasteiger partial charge in [-0.15, -0.1) is 11.3 Å². The zero-order chi connectivity index (χ0) is 13.6. The molecule has 3 nitrogen and oxygen atoms in total. The van der Waals surface area contributed by atoms with Gasteiger partial charge in [-0.3, -0.25) is 16.2 Å². The highest BCUT2D eigenvalue weighted by Gasteiger charge is 2.36. The van der Waals surface area contributed by atoms with E-state index in [-0.39, 0.29) is 11.6 Å². The van der Waals surface area contributed by atoms with Crippen LogP contribution in [0.3, 0.4) is 0 Å². The monoisotopic (exact) mass is 269 g/mol. The second-order valence-electron chi connectivity index (χ2n) is 4.89. The number of rotatable bonds is 8. The summed E-state index contributed by atoms with van der Waals surface area (Å²) in [4.78, 5) is 3.90. The molecule has 18 heavy (non-hydrogen) atoms. The normalized spacial score (nSPS) is 16.8. The lowest BCUT2D eigenvalue weighted by molar-refractivity contribution is 0.0704. The third-order valence-electron chi connectivity index (χ3n) is 4.14. The van der Waals surface area contributed by atoms with Gasteiger partial charge in [0.15, 0.2) is 0 Å². The molecule has 4 heteroatoms. The highest BCUT2D eigenvalue weighted by Crippen LogP contribution is 2.26. The lowest BCUT2D eigenvalue weighted by Gasteiger charge is -2.45. The van der Waals surface area contributed by atoms with Crippen LogP contribution in [-0.2, 0) is 6.42 Å². The van der Waals surface area contributed by atoms with Crippen molar-refractivity contribution in [2.75, 3.05) is 13.1 Å². The maximum atomic E-state index is 5.83. The molecule has 0 spiro atoms. The number of hydrazine groups is 1. The van der Waals surface area contributed by atoms with Crippen LogP contribution in [0.5, 0.6) is 0 Å². The number of nitrogens with one attached hydrogen (secondary N) is 1. The predicted molar refractivity (Wildman–Crippen MR) is 80.8 cm³/mol. The van der Waals surface area contributed by atoms with Crippen LogP contribution >= 0.6 is 11.3 Å². The molecule has 0 fully saturated rings. The average molecular weight is 269 g/mol. The zero-order valence-corrected chi connectivity index (χ0v) is 12.9. The molecule has 104 valence electrons. The molecule has 2 atom stereocenters. The highest BCUT2D eigenvalue weighted by atomic mass is 32.1. The van der Waals surface area contributed by atoms with E-state index in [1.54, 1.807) is 11.3 Å². The number of nitrogens with zero attached hydrogens (tertiary/aromatic N) is 1. The van der Waals surface area contributed by atoms with Crippen LogP contribution in [-0.4, -0.2) is 29.6 Å². The van der Waals surface area contributed by atoms with Crippen molar-refractivity contribution in [2.24, 2.45) is 5.84 Å². The van der Waals surface area contributed by atoms with E-state index in [1.807, 2.05) is 0 Å². The number of thiophene rings is 1. The first-order valence-electron chi connectivity index (χ1n) is 6.85. The summed E-state index contributed by atoms with van der Waals surface area (Å²) in [6.45, 7) is 11.1. The molecule has 0 aliphatic rings. The molecule has 0 amide bonds. The molecular weight excluding hydrogens is 242 g/mol. The fraction of sp³-hybridized carbons (Fsp3) is 0.714. The van der Waals surface area contributed by atoms with Gasteiger partial charge in [-0.25, -0.2) is 0 Å². The molecule has 0 aliphatic carbocycles. The summed E-state index contributed by atoms with van der Waals surface area (Å²) in [6, 6.07) is 4.57. The van der Waals surface area contributed by atoms with Gasteiger partial charge < -0.3 is 0 Å². The number of hydrogen-bond acceptors (Lipinski definition) is 4. The van der Waals surface area contributed by atoms with Crippen LogP contribution < -0.4 is 11.3 Å². The van der Waals surface area contributed by atoms with E-state index in [4.69, 9.17) is 5.84 Å². The van der Waals surface area contributed by atoms with E-state index in [9.17, 15) is 0 Å². The van der Waals surface area contributed by atoms with Crippen LogP contribution in [0.1, 0.15) is 39.0 Å². The summed E-state index contributed by atoms with van der Waals surface area (Å²) in [5.74, 6) is 5.83. The first-order chi connectivity index (χ1) is 8.62. The fourth-order valence-electron chi connectivity index (χ4n) is 2.72. The number of likely N-dealkylation sites (N-methyl/N-ethyl adjacent to an activating group) is 1. The van der Waals surface area contributed by atoms with Crippen LogP contribution in [0.2, 0.25) is 0 Å². The Bertz CT molecular complexity index is 322. The summed E-state index contributed by atoms with van der Waals surface area (Å²) in [7, 11) is 0. The molecule has 0 radical (unpaired) electrons. The minimum Gasteiger partial charge on any atom is -0.297 e. The lowest BCUT2D eigenvalue weighted by atomic mass is 9.85. The minimum absolute atomic E-state index is 0.0994. The van der Waals surface area contributed by atoms with Gasteiger partial charge in [0.25, 0.3) is 0 Å². The molecule has 0 aromatic carbocycles. The van der Waals surface area contributed by atoms with E-state index in [1.165, 1.54) is 4.88 Å². The molecular formula is C14H27N3S. The minimum atomic E-state index is 0.0994. The number of nitrogens with two attached hydrogens (primary N) is 1. The molecule has 0 saturated carbocycles. The number of hydrogen-bond donors (Lipinski definition) is 2. The Morgan fingerprint density at radius 3 is 2.44 bits per heavy atom. The first kappa shape index (κ1) is 15.6. The third-order valence-corrected chi connectivity index (χ3v) is 5.04. The van der Waals surface area contributed by atoms with Crippen molar-refractivity contribution in [2.45, 2.75) is 52.1 Å². The molecule has 1 aromatic rings. The zero-order valence-electron chi connectivity index (χ0n) is 12.1. The Morgan fingerprint density at radius 1 is 1.39 bits per heavy atom. The fourth-order valence-corrected chi connectivity index (χ4v) is 3.48. The van der Waals surface area contributed by atoms with Crippen molar-refractivity contribution < 1.29 is 0 Å².